The van der Waals surface area contributed by atoms with E-state index in [-0.39, 0.29) is 11.1 Å². The van der Waals surface area contributed by atoms with E-state index in [2.05, 4.69) is 0 Å². The molecule has 5 nitrogen and oxygen atoms in total. The molecule has 2 rings (SSSR count). The number of hydrogen-bond donors (Lipinski definition) is 2. The van der Waals surface area contributed by atoms with Gasteiger partial charge >= 0.3 is 5.97 Å². The molecule has 0 heterocycles. The van der Waals surface area contributed by atoms with Gasteiger partial charge in [0, 0.05) is 0 Å². The number of primary amides is 1. The molecule has 0 saturated heterocycles. The van der Waals surface area contributed by atoms with Crippen LogP contribution in [0.3, 0.4) is 0 Å². The van der Waals surface area contributed by atoms with Crippen LogP contribution in [0, 0.1) is 0 Å². The molecule has 1 amide bonds. The zero-order valence-corrected chi connectivity index (χ0v) is 9.64. The summed E-state index contributed by atoms with van der Waals surface area (Å²) in [4.78, 5) is 22.5. The summed E-state index contributed by atoms with van der Waals surface area (Å²) in [6.45, 7) is 0. The molecule has 0 spiro atoms. The highest BCUT2D eigenvalue weighted by molar-refractivity contribution is 6.13. The minimum atomic E-state index is -1.18. The van der Waals surface area contributed by atoms with Crippen LogP contribution in [-0.4, -0.2) is 24.1 Å². The number of fused-ring (bicyclic) bond motifs is 1. The molecular weight excluding hydrogens is 234 g/mol. The third kappa shape index (κ3) is 1.86. The fraction of sp³-hybridized carbons (Fsp3) is 0.0769. The average Bonchev–Trinajstić information content (AvgIpc) is 2.36. The Labute approximate surface area is 103 Å². The van der Waals surface area contributed by atoms with Gasteiger partial charge in [-0.2, -0.15) is 0 Å². The number of hydrogen-bond acceptors (Lipinski definition) is 3. The summed E-state index contributed by atoms with van der Waals surface area (Å²) < 4.78 is 5.07. The lowest BCUT2D eigenvalue weighted by Crippen LogP contribution is -2.16. The number of benzene rings is 2. The first kappa shape index (κ1) is 11.9. The minimum Gasteiger partial charge on any atom is -0.497 e. The van der Waals surface area contributed by atoms with Crippen molar-refractivity contribution in [3.8, 4) is 5.75 Å². The Bertz CT molecular complexity index is 649. The summed E-state index contributed by atoms with van der Waals surface area (Å²) in [6.07, 6.45) is 0. The maximum Gasteiger partial charge on any atom is 0.336 e. The second-order valence-corrected chi connectivity index (χ2v) is 3.74. The molecule has 0 atom stereocenters. The maximum atomic E-state index is 11.4. The van der Waals surface area contributed by atoms with Crippen molar-refractivity contribution in [1.29, 1.82) is 0 Å². The first-order valence-electron chi connectivity index (χ1n) is 5.18. The van der Waals surface area contributed by atoms with Crippen molar-refractivity contribution >= 4 is 22.6 Å². The Kier molecular flexibility index (Phi) is 2.89. The van der Waals surface area contributed by atoms with Crippen LogP contribution >= 0.6 is 0 Å². The number of carbonyl (C=O) groups excluding carboxylic acids is 1. The van der Waals surface area contributed by atoms with Crippen molar-refractivity contribution < 1.29 is 19.4 Å². The van der Waals surface area contributed by atoms with Gasteiger partial charge in [0.25, 0.3) is 0 Å². The van der Waals surface area contributed by atoms with Crippen molar-refractivity contribution in [1.82, 2.24) is 0 Å². The lowest BCUT2D eigenvalue weighted by Gasteiger charge is -2.08. The fourth-order valence-electron chi connectivity index (χ4n) is 1.88. The predicted octanol–water partition coefficient (Wildman–Crippen LogP) is 1.65. The molecule has 0 radical (unpaired) electrons. The van der Waals surface area contributed by atoms with E-state index >= 15 is 0 Å². The topological polar surface area (TPSA) is 89.6 Å². The Hall–Kier alpha value is -2.56. The summed E-state index contributed by atoms with van der Waals surface area (Å²) >= 11 is 0. The molecule has 0 saturated carbocycles. The number of carbonyl (C=O) groups is 2. The summed E-state index contributed by atoms with van der Waals surface area (Å²) in [6, 6.07) is 7.98. The molecule has 2 aromatic rings. The van der Waals surface area contributed by atoms with Gasteiger partial charge in [-0.3, -0.25) is 4.79 Å². The summed E-state index contributed by atoms with van der Waals surface area (Å²) in [5, 5.41) is 10.2. The molecule has 0 unspecified atom stereocenters. The summed E-state index contributed by atoms with van der Waals surface area (Å²) in [5.41, 5.74) is 5.17. The molecule has 0 aliphatic carbocycles. The van der Waals surface area contributed by atoms with Crippen molar-refractivity contribution in [2.45, 2.75) is 0 Å². The van der Waals surface area contributed by atoms with Crippen LogP contribution in [0.5, 0.6) is 5.75 Å². The highest BCUT2D eigenvalue weighted by Crippen LogP contribution is 2.26. The second-order valence-electron chi connectivity index (χ2n) is 3.74. The summed E-state index contributed by atoms with van der Waals surface area (Å²) in [5.74, 6) is -1.31. The van der Waals surface area contributed by atoms with Gasteiger partial charge in [0.05, 0.1) is 18.2 Å². The first-order chi connectivity index (χ1) is 8.54. The highest BCUT2D eigenvalue weighted by atomic mass is 16.5. The number of amides is 1. The Balaban J connectivity index is 2.82. The number of nitrogens with two attached hydrogens (primary N) is 1. The number of methoxy groups -OCH3 is 1. The second kappa shape index (κ2) is 4.37. The van der Waals surface area contributed by atoms with Crippen LogP contribution in [0.2, 0.25) is 0 Å². The van der Waals surface area contributed by atoms with Crippen molar-refractivity contribution in [3.05, 3.63) is 41.5 Å². The molecule has 92 valence electrons. The maximum absolute atomic E-state index is 11.4. The Morgan fingerprint density at radius 3 is 2.50 bits per heavy atom. The molecule has 0 aromatic heterocycles. The first-order valence-corrected chi connectivity index (χ1v) is 5.18. The van der Waals surface area contributed by atoms with Crippen LogP contribution in [0.1, 0.15) is 20.7 Å². The molecule has 5 heteroatoms. The molecule has 3 N–H and O–H groups in total. The zero-order valence-electron chi connectivity index (χ0n) is 9.64. The fourth-order valence-corrected chi connectivity index (χ4v) is 1.88. The third-order valence-electron chi connectivity index (χ3n) is 2.70. The van der Waals surface area contributed by atoms with Gasteiger partial charge in [0.15, 0.2) is 0 Å². The highest BCUT2D eigenvalue weighted by Gasteiger charge is 2.17. The number of ether oxygens (including phenoxy) is 1. The van der Waals surface area contributed by atoms with Crippen LogP contribution in [0.15, 0.2) is 30.3 Å². The van der Waals surface area contributed by atoms with Gasteiger partial charge in [-0.1, -0.05) is 6.07 Å². The predicted molar refractivity (Wildman–Crippen MR) is 66.0 cm³/mol. The van der Waals surface area contributed by atoms with Crippen molar-refractivity contribution in [2.75, 3.05) is 7.11 Å². The SMILES string of the molecule is COc1ccc2c(C(N)=O)c(C(=O)O)ccc2c1. The normalized spacial score (nSPS) is 10.3. The van der Waals surface area contributed by atoms with E-state index < -0.39 is 11.9 Å². The van der Waals surface area contributed by atoms with E-state index in [1.54, 1.807) is 24.3 Å². The van der Waals surface area contributed by atoms with Crippen molar-refractivity contribution in [2.24, 2.45) is 5.73 Å². The monoisotopic (exact) mass is 245 g/mol. The van der Waals surface area contributed by atoms with Crippen LogP contribution in [0.25, 0.3) is 10.8 Å². The Morgan fingerprint density at radius 2 is 1.94 bits per heavy atom. The molecule has 0 aliphatic heterocycles. The smallest absolute Gasteiger partial charge is 0.336 e. The van der Waals surface area contributed by atoms with Gasteiger partial charge in [0.1, 0.15) is 5.75 Å². The molecule has 2 aromatic carbocycles. The molecule has 0 bridgehead atoms. The molecular formula is C13H11NO4. The van der Waals surface area contributed by atoms with E-state index in [0.29, 0.717) is 16.5 Å². The van der Waals surface area contributed by atoms with E-state index in [4.69, 9.17) is 15.6 Å². The van der Waals surface area contributed by atoms with Gasteiger partial charge in [-0.25, -0.2) is 4.79 Å². The van der Waals surface area contributed by atoms with Gasteiger partial charge in [0.2, 0.25) is 5.91 Å². The molecule has 18 heavy (non-hydrogen) atoms. The third-order valence-corrected chi connectivity index (χ3v) is 2.70. The van der Waals surface area contributed by atoms with Crippen LogP contribution < -0.4 is 10.5 Å². The molecule has 0 fully saturated rings. The van der Waals surface area contributed by atoms with Crippen molar-refractivity contribution in [3.63, 3.8) is 0 Å². The number of aromatic carboxylic acids is 1. The largest absolute Gasteiger partial charge is 0.497 e. The van der Waals surface area contributed by atoms with E-state index in [0.717, 1.165) is 0 Å². The summed E-state index contributed by atoms with van der Waals surface area (Å²) in [7, 11) is 1.53. The zero-order chi connectivity index (χ0) is 13.3. The van der Waals surface area contributed by atoms with E-state index in [1.165, 1.54) is 13.2 Å². The van der Waals surface area contributed by atoms with Crippen LogP contribution in [0.4, 0.5) is 0 Å². The molecule has 0 aliphatic rings. The minimum absolute atomic E-state index is 0.0163. The lowest BCUT2D eigenvalue weighted by atomic mass is 9.98. The van der Waals surface area contributed by atoms with Gasteiger partial charge in [-0.05, 0) is 35.0 Å². The van der Waals surface area contributed by atoms with Crippen LogP contribution in [-0.2, 0) is 0 Å². The van der Waals surface area contributed by atoms with E-state index in [9.17, 15) is 9.59 Å². The lowest BCUT2D eigenvalue weighted by molar-refractivity contribution is 0.0692. The van der Waals surface area contributed by atoms with E-state index in [1.807, 2.05) is 0 Å². The average molecular weight is 245 g/mol. The standard InChI is InChI=1S/C13H11NO4/c1-18-8-3-5-9-7(6-8)2-4-10(13(16)17)11(9)12(14)15/h2-6H,1H3,(H2,14,15)(H,16,17). The van der Waals surface area contributed by atoms with Gasteiger partial charge < -0.3 is 15.6 Å². The quantitative estimate of drug-likeness (QED) is 0.860. The van der Waals surface area contributed by atoms with Gasteiger partial charge in [-0.15, -0.1) is 0 Å². The number of rotatable bonds is 3. The Morgan fingerprint density at radius 1 is 1.22 bits per heavy atom. The number of carboxylic acids is 1. The number of carboxylic acid groups (broad SMARTS) is 1.